The van der Waals surface area contributed by atoms with Crippen LogP contribution in [-0.2, 0) is 15.1 Å². The summed E-state index contributed by atoms with van der Waals surface area (Å²) in [6.45, 7) is 1.27. The smallest absolute Gasteiger partial charge is 0.324 e. The molecule has 0 unspecified atom stereocenters. The van der Waals surface area contributed by atoms with Crippen LogP contribution in [0, 0.1) is 0 Å². The number of imide groups is 1. The van der Waals surface area contributed by atoms with E-state index in [1.54, 1.807) is 31.2 Å². The molecule has 0 saturated carbocycles. The summed E-state index contributed by atoms with van der Waals surface area (Å²) in [7, 11) is 0. The van der Waals surface area contributed by atoms with Gasteiger partial charge in [-0.05, 0) is 41.5 Å². The average molecular weight is 408 g/mol. The lowest BCUT2D eigenvalue weighted by molar-refractivity contribution is -0.133. The number of fused-ring (bicyclic) bond motifs is 1. The van der Waals surface area contributed by atoms with Crippen LogP contribution in [0.15, 0.2) is 66.7 Å². The molecule has 1 atom stereocenters. The minimum atomic E-state index is -1.26. The Kier molecular flexibility index (Phi) is 4.72. The van der Waals surface area contributed by atoms with Crippen molar-refractivity contribution in [1.29, 1.82) is 0 Å². The predicted octanol–water partition coefficient (Wildman–Crippen LogP) is 3.90. The molecule has 4 amide bonds. The van der Waals surface area contributed by atoms with Crippen molar-refractivity contribution in [3.63, 3.8) is 0 Å². The number of carbonyl (C=O) groups is 3. The Bertz CT molecular complexity index is 1140. The number of halogens is 1. The number of hydrogen-bond donors (Lipinski definition) is 2. The summed E-state index contributed by atoms with van der Waals surface area (Å²) in [5.74, 6) is -0.960. The first-order valence-electron chi connectivity index (χ1n) is 9.06. The lowest BCUT2D eigenvalue weighted by atomic mass is 9.88. The Morgan fingerprint density at radius 3 is 2.59 bits per heavy atom. The highest BCUT2D eigenvalue weighted by Gasteiger charge is 2.50. The third kappa shape index (κ3) is 3.43. The molecule has 4 rings (SSSR count). The van der Waals surface area contributed by atoms with Crippen LogP contribution in [0.3, 0.4) is 0 Å². The number of carbonyl (C=O) groups excluding carboxylic acids is 3. The maximum atomic E-state index is 13.2. The number of rotatable bonds is 4. The molecule has 146 valence electrons. The van der Waals surface area contributed by atoms with Crippen molar-refractivity contribution in [3.8, 4) is 0 Å². The fourth-order valence-electron chi connectivity index (χ4n) is 3.59. The van der Waals surface area contributed by atoms with E-state index >= 15 is 0 Å². The van der Waals surface area contributed by atoms with Crippen molar-refractivity contribution in [1.82, 2.24) is 10.2 Å². The van der Waals surface area contributed by atoms with Gasteiger partial charge >= 0.3 is 6.03 Å². The van der Waals surface area contributed by atoms with Gasteiger partial charge in [0.15, 0.2) is 0 Å². The highest BCUT2D eigenvalue weighted by molar-refractivity contribution is 6.30. The summed E-state index contributed by atoms with van der Waals surface area (Å²) < 4.78 is 0. The van der Waals surface area contributed by atoms with Crippen LogP contribution in [0.2, 0.25) is 5.02 Å². The molecule has 2 N–H and O–H groups in total. The Morgan fingerprint density at radius 2 is 1.79 bits per heavy atom. The fourth-order valence-corrected chi connectivity index (χ4v) is 3.79. The van der Waals surface area contributed by atoms with Gasteiger partial charge in [0.2, 0.25) is 5.91 Å². The molecule has 0 aromatic heterocycles. The van der Waals surface area contributed by atoms with Gasteiger partial charge in [-0.2, -0.15) is 0 Å². The highest BCUT2D eigenvalue weighted by Crippen LogP contribution is 2.33. The number of urea groups is 1. The van der Waals surface area contributed by atoms with Gasteiger partial charge in [-0.15, -0.1) is 0 Å². The molecule has 6 nitrogen and oxygen atoms in total. The van der Waals surface area contributed by atoms with Crippen LogP contribution in [0.1, 0.15) is 12.5 Å². The van der Waals surface area contributed by atoms with E-state index in [4.69, 9.17) is 11.6 Å². The predicted molar refractivity (Wildman–Crippen MR) is 112 cm³/mol. The van der Waals surface area contributed by atoms with Crippen molar-refractivity contribution in [2.24, 2.45) is 0 Å². The second-order valence-electron chi connectivity index (χ2n) is 7.03. The molecule has 1 aliphatic heterocycles. The van der Waals surface area contributed by atoms with E-state index in [1.165, 1.54) is 0 Å². The molecule has 29 heavy (non-hydrogen) atoms. The van der Waals surface area contributed by atoms with Crippen molar-refractivity contribution < 1.29 is 14.4 Å². The van der Waals surface area contributed by atoms with E-state index in [1.807, 2.05) is 42.5 Å². The molecule has 1 fully saturated rings. The summed E-state index contributed by atoms with van der Waals surface area (Å²) >= 11 is 5.92. The summed E-state index contributed by atoms with van der Waals surface area (Å²) in [6.07, 6.45) is 0. The number of amides is 4. The average Bonchev–Trinajstić information content (AvgIpc) is 2.91. The van der Waals surface area contributed by atoms with E-state index < -0.39 is 29.9 Å². The minimum absolute atomic E-state index is 0.391. The molecular weight excluding hydrogens is 390 g/mol. The Labute approximate surface area is 172 Å². The van der Waals surface area contributed by atoms with E-state index in [9.17, 15) is 14.4 Å². The minimum Gasteiger partial charge on any atom is -0.324 e. The van der Waals surface area contributed by atoms with E-state index in [0.29, 0.717) is 16.3 Å². The monoisotopic (exact) mass is 407 g/mol. The molecule has 0 spiro atoms. The third-order valence-electron chi connectivity index (χ3n) is 5.01. The third-order valence-corrected chi connectivity index (χ3v) is 5.25. The van der Waals surface area contributed by atoms with Crippen molar-refractivity contribution in [2.75, 3.05) is 11.9 Å². The maximum absolute atomic E-state index is 13.2. The molecule has 0 aliphatic carbocycles. The summed E-state index contributed by atoms with van der Waals surface area (Å²) in [5, 5.41) is 7.71. The van der Waals surface area contributed by atoms with E-state index in [-0.39, 0.29) is 0 Å². The molecule has 0 radical (unpaired) electrons. The number of nitrogens with one attached hydrogen (secondary N) is 2. The lowest BCUT2D eigenvalue weighted by Gasteiger charge is -2.24. The fraction of sp³-hybridized carbons (Fsp3) is 0.136. The normalized spacial score (nSPS) is 18.8. The molecule has 1 saturated heterocycles. The van der Waals surface area contributed by atoms with Crippen molar-refractivity contribution in [3.05, 3.63) is 77.3 Å². The summed E-state index contributed by atoms with van der Waals surface area (Å²) in [5.41, 5.74) is -0.0769. The zero-order valence-electron chi connectivity index (χ0n) is 15.6. The van der Waals surface area contributed by atoms with Crippen LogP contribution in [0.4, 0.5) is 10.5 Å². The molecule has 3 aromatic rings. The Morgan fingerprint density at radius 1 is 1.07 bits per heavy atom. The lowest BCUT2D eigenvalue weighted by Crippen LogP contribution is -2.42. The second-order valence-corrected chi connectivity index (χ2v) is 7.47. The van der Waals surface area contributed by atoms with Gasteiger partial charge in [0.05, 0.1) is 0 Å². The zero-order chi connectivity index (χ0) is 20.6. The van der Waals surface area contributed by atoms with E-state index in [2.05, 4.69) is 10.6 Å². The summed E-state index contributed by atoms with van der Waals surface area (Å²) in [6, 6.07) is 19.3. The van der Waals surface area contributed by atoms with Gasteiger partial charge in [0.1, 0.15) is 12.1 Å². The SMILES string of the molecule is C[C@]1(c2cccc3ccccc23)NC(=O)N(CC(=O)Nc2cccc(Cl)c2)C1=O. The first-order valence-corrected chi connectivity index (χ1v) is 9.44. The number of anilines is 1. The van der Waals surface area contributed by atoms with Crippen LogP contribution in [0.25, 0.3) is 10.8 Å². The zero-order valence-corrected chi connectivity index (χ0v) is 16.4. The topological polar surface area (TPSA) is 78.5 Å². The maximum Gasteiger partial charge on any atom is 0.325 e. The van der Waals surface area contributed by atoms with Crippen LogP contribution >= 0.6 is 11.6 Å². The number of benzene rings is 3. The Hall–Kier alpha value is -3.38. The molecule has 1 aliphatic rings. The Balaban J connectivity index is 1.59. The first-order chi connectivity index (χ1) is 13.9. The van der Waals surface area contributed by atoms with Crippen molar-refractivity contribution in [2.45, 2.75) is 12.5 Å². The quantitative estimate of drug-likeness (QED) is 0.644. The second kappa shape index (κ2) is 7.22. The van der Waals surface area contributed by atoms with Gasteiger partial charge in [0, 0.05) is 10.7 Å². The molecule has 1 heterocycles. The van der Waals surface area contributed by atoms with Gasteiger partial charge in [0.25, 0.3) is 5.91 Å². The van der Waals surface area contributed by atoms with Gasteiger partial charge < -0.3 is 10.6 Å². The van der Waals surface area contributed by atoms with Gasteiger partial charge in [-0.25, -0.2) is 4.79 Å². The van der Waals surface area contributed by atoms with Gasteiger partial charge in [-0.3, -0.25) is 14.5 Å². The molecular formula is C22H18ClN3O3. The van der Waals surface area contributed by atoms with Crippen molar-refractivity contribution >= 4 is 45.9 Å². The standard InChI is InChI=1S/C22H18ClN3O3/c1-22(18-11-4-7-14-6-2-3-10-17(14)18)20(28)26(21(29)25-22)13-19(27)24-16-9-5-8-15(23)12-16/h2-12H,13H2,1H3,(H,24,27)(H,25,29)/t22-/m1/s1. The molecule has 7 heteroatoms. The number of nitrogens with zero attached hydrogens (tertiary/aromatic N) is 1. The van der Waals surface area contributed by atoms with Crippen LogP contribution in [0.5, 0.6) is 0 Å². The number of hydrogen-bond acceptors (Lipinski definition) is 3. The highest BCUT2D eigenvalue weighted by atomic mass is 35.5. The van der Waals surface area contributed by atoms with Gasteiger partial charge in [-0.1, -0.05) is 60.1 Å². The first kappa shape index (κ1) is 19.0. The molecule has 0 bridgehead atoms. The molecule has 3 aromatic carbocycles. The van der Waals surface area contributed by atoms with Crippen LogP contribution in [-0.4, -0.2) is 29.3 Å². The van der Waals surface area contributed by atoms with Crippen LogP contribution < -0.4 is 10.6 Å². The largest absolute Gasteiger partial charge is 0.325 e. The van der Waals surface area contributed by atoms with E-state index in [0.717, 1.165) is 15.7 Å². The summed E-state index contributed by atoms with van der Waals surface area (Å²) in [4.78, 5) is 39.0.